The maximum atomic E-state index is 12.5. The van der Waals surface area contributed by atoms with Gasteiger partial charge in [-0.05, 0) is 18.4 Å². The molecule has 1 fully saturated rings. The van der Waals surface area contributed by atoms with Crippen LogP contribution in [0, 0.1) is 0 Å². The average molecular weight is 385 g/mol. The Kier molecular flexibility index (Phi) is 8.46. The Balaban J connectivity index is 1.68. The molecule has 0 aliphatic carbocycles. The van der Waals surface area contributed by atoms with Crippen molar-refractivity contribution < 1.29 is 23.2 Å². The Hall–Kier alpha value is -1.52. The highest BCUT2D eigenvalue weighted by molar-refractivity contribution is 7.89. The van der Waals surface area contributed by atoms with Crippen LogP contribution in [0.25, 0.3) is 0 Å². The summed E-state index contributed by atoms with van der Waals surface area (Å²) in [7, 11) is -3.54. The summed E-state index contributed by atoms with van der Waals surface area (Å²) in [5.41, 5.74) is 2.65. The fourth-order valence-electron chi connectivity index (χ4n) is 2.86. The molecule has 0 saturated carbocycles. The fourth-order valence-corrected chi connectivity index (χ4v) is 4.59. The van der Waals surface area contributed by atoms with Gasteiger partial charge in [0.1, 0.15) is 6.04 Å². The lowest BCUT2D eigenvalue weighted by atomic mass is 10.2. The zero-order valence-electron chi connectivity index (χ0n) is 14.8. The van der Waals surface area contributed by atoms with Crippen LogP contribution in [0.1, 0.15) is 24.8 Å². The van der Waals surface area contributed by atoms with Crippen molar-refractivity contribution >= 4 is 15.9 Å². The summed E-state index contributed by atoms with van der Waals surface area (Å²) < 4.78 is 31.8. The number of unbranched alkanes of at least 4 members (excludes halogenated alkanes) is 2. The summed E-state index contributed by atoms with van der Waals surface area (Å²) in [6.45, 7) is 2.04. The minimum absolute atomic E-state index is 0.0130. The number of ether oxygens (including phenoxy) is 1. The van der Waals surface area contributed by atoms with Crippen molar-refractivity contribution in [3.63, 3.8) is 0 Å². The van der Waals surface area contributed by atoms with E-state index in [1.54, 1.807) is 0 Å². The van der Waals surface area contributed by atoms with Gasteiger partial charge >= 0.3 is 0 Å². The molecule has 1 saturated heterocycles. The first kappa shape index (κ1) is 20.8. The van der Waals surface area contributed by atoms with Crippen LogP contribution < -0.4 is 10.8 Å². The number of sulfonamides is 1. The van der Waals surface area contributed by atoms with Crippen molar-refractivity contribution in [1.29, 1.82) is 0 Å². The molecule has 8 nitrogen and oxygen atoms in total. The lowest BCUT2D eigenvalue weighted by molar-refractivity contribution is -0.133. The third-order valence-electron chi connectivity index (χ3n) is 4.27. The molecule has 1 amide bonds. The Labute approximate surface area is 154 Å². The maximum absolute atomic E-state index is 12.5. The standard InChI is InChI=1S/C17H27N3O5S/c21-17(19-22)16-13-18-9-10-20(16)26(23,24)12-6-2-5-11-25-14-15-7-3-1-4-8-15/h1,3-4,7-8,16,18,22H,2,5-6,9-14H2,(H,19,21). The fraction of sp³-hybridized carbons (Fsp3) is 0.588. The van der Waals surface area contributed by atoms with Crippen molar-refractivity contribution in [1.82, 2.24) is 15.1 Å². The van der Waals surface area contributed by atoms with Gasteiger partial charge in [0.25, 0.3) is 5.91 Å². The Bertz CT molecular complexity index is 654. The van der Waals surface area contributed by atoms with E-state index in [0.29, 0.717) is 26.2 Å². The number of hydrogen-bond donors (Lipinski definition) is 3. The first-order valence-electron chi connectivity index (χ1n) is 8.80. The van der Waals surface area contributed by atoms with Gasteiger partial charge in [-0.25, -0.2) is 13.9 Å². The number of rotatable bonds is 10. The molecule has 1 aliphatic rings. The number of amides is 1. The first-order chi connectivity index (χ1) is 12.5. The normalized spacial score (nSPS) is 18.6. The molecule has 1 unspecified atom stereocenters. The number of carbonyl (C=O) groups is 1. The largest absolute Gasteiger partial charge is 0.377 e. The van der Waals surface area contributed by atoms with E-state index < -0.39 is 22.0 Å². The van der Waals surface area contributed by atoms with Crippen LogP contribution >= 0.6 is 0 Å². The molecule has 1 heterocycles. The summed E-state index contributed by atoms with van der Waals surface area (Å²) >= 11 is 0. The van der Waals surface area contributed by atoms with Gasteiger partial charge in [-0.15, -0.1) is 0 Å². The monoisotopic (exact) mass is 385 g/mol. The minimum Gasteiger partial charge on any atom is -0.377 e. The molecule has 1 aromatic carbocycles. The molecule has 1 aromatic rings. The maximum Gasteiger partial charge on any atom is 0.263 e. The van der Waals surface area contributed by atoms with E-state index in [2.05, 4.69) is 5.32 Å². The molecule has 1 atom stereocenters. The van der Waals surface area contributed by atoms with Crippen molar-refractivity contribution in [3.05, 3.63) is 35.9 Å². The van der Waals surface area contributed by atoms with E-state index in [1.165, 1.54) is 9.79 Å². The number of nitrogens with one attached hydrogen (secondary N) is 2. The molecule has 0 radical (unpaired) electrons. The second-order valence-corrected chi connectivity index (χ2v) is 8.26. The van der Waals surface area contributed by atoms with Crippen molar-refractivity contribution in [2.45, 2.75) is 31.9 Å². The molecule has 2 rings (SSSR count). The van der Waals surface area contributed by atoms with Gasteiger partial charge in [-0.3, -0.25) is 10.0 Å². The Morgan fingerprint density at radius 1 is 1.27 bits per heavy atom. The predicted molar refractivity (Wildman–Crippen MR) is 97.0 cm³/mol. The summed E-state index contributed by atoms with van der Waals surface area (Å²) in [5.74, 6) is -0.726. The van der Waals surface area contributed by atoms with E-state index >= 15 is 0 Å². The summed E-state index contributed by atoms with van der Waals surface area (Å²) in [4.78, 5) is 11.7. The lowest BCUT2D eigenvalue weighted by Crippen LogP contribution is -2.59. The van der Waals surface area contributed by atoms with Crippen molar-refractivity contribution in [2.24, 2.45) is 0 Å². The van der Waals surface area contributed by atoms with Crippen LogP contribution in [0.15, 0.2) is 30.3 Å². The molecule has 146 valence electrons. The van der Waals surface area contributed by atoms with Gasteiger partial charge in [0.15, 0.2) is 0 Å². The first-order valence-corrected chi connectivity index (χ1v) is 10.4. The summed E-state index contributed by atoms with van der Waals surface area (Å²) in [6, 6.07) is 8.97. The third kappa shape index (κ3) is 6.33. The Morgan fingerprint density at radius 2 is 2.04 bits per heavy atom. The molecule has 0 spiro atoms. The van der Waals surface area contributed by atoms with Gasteiger partial charge in [0, 0.05) is 26.2 Å². The zero-order valence-corrected chi connectivity index (χ0v) is 15.6. The van der Waals surface area contributed by atoms with Gasteiger partial charge in [0.2, 0.25) is 10.0 Å². The molecular formula is C17H27N3O5S. The third-order valence-corrected chi connectivity index (χ3v) is 6.22. The second kappa shape index (κ2) is 10.6. The molecule has 3 N–H and O–H groups in total. The lowest BCUT2D eigenvalue weighted by Gasteiger charge is -2.33. The molecule has 1 aliphatic heterocycles. The van der Waals surface area contributed by atoms with Crippen LogP contribution in [0.3, 0.4) is 0 Å². The number of hydrogen-bond acceptors (Lipinski definition) is 6. The molecular weight excluding hydrogens is 358 g/mol. The number of piperazine rings is 1. The molecule has 0 bridgehead atoms. The topological polar surface area (TPSA) is 108 Å². The van der Waals surface area contributed by atoms with Crippen LogP contribution in [0.5, 0.6) is 0 Å². The van der Waals surface area contributed by atoms with Crippen LogP contribution in [0.2, 0.25) is 0 Å². The van der Waals surface area contributed by atoms with Gasteiger partial charge in [0.05, 0.1) is 12.4 Å². The zero-order chi connectivity index (χ0) is 18.8. The van der Waals surface area contributed by atoms with Crippen molar-refractivity contribution in [3.8, 4) is 0 Å². The van der Waals surface area contributed by atoms with Crippen molar-refractivity contribution in [2.75, 3.05) is 32.0 Å². The minimum atomic E-state index is -3.54. The highest BCUT2D eigenvalue weighted by Crippen LogP contribution is 2.13. The molecule has 26 heavy (non-hydrogen) atoms. The van der Waals surface area contributed by atoms with E-state index in [9.17, 15) is 13.2 Å². The van der Waals surface area contributed by atoms with E-state index in [0.717, 1.165) is 18.4 Å². The number of carbonyl (C=O) groups excluding carboxylic acids is 1. The van der Waals surface area contributed by atoms with Gasteiger partial charge < -0.3 is 10.1 Å². The van der Waals surface area contributed by atoms with Crippen LogP contribution in [0.4, 0.5) is 0 Å². The van der Waals surface area contributed by atoms with Crippen LogP contribution in [-0.2, 0) is 26.2 Å². The number of hydroxylamine groups is 1. The number of nitrogens with zero attached hydrogens (tertiary/aromatic N) is 1. The summed E-state index contributed by atoms with van der Waals surface area (Å²) in [5, 5.41) is 11.7. The highest BCUT2D eigenvalue weighted by atomic mass is 32.2. The van der Waals surface area contributed by atoms with Gasteiger partial charge in [-0.2, -0.15) is 4.31 Å². The second-order valence-electron chi connectivity index (χ2n) is 6.22. The van der Waals surface area contributed by atoms with Gasteiger partial charge in [-0.1, -0.05) is 36.8 Å². The quantitative estimate of drug-likeness (QED) is 0.307. The van der Waals surface area contributed by atoms with Crippen LogP contribution in [-0.4, -0.2) is 61.9 Å². The average Bonchev–Trinajstić information content (AvgIpc) is 2.67. The number of benzene rings is 1. The highest BCUT2D eigenvalue weighted by Gasteiger charge is 2.36. The smallest absolute Gasteiger partial charge is 0.263 e. The summed E-state index contributed by atoms with van der Waals surface area (Å²) in [6.07, 6.45) is 2.02. The van der Waals surface area contributed by atoms with E-state index in [-0.39, 0.29) is 18.8 Å². The Morgan fingerprint density at radius 3 is 2.77 bits per heavy atom. The van der Waals surface area contributed by atoms with E-state index in [1.807, 2.05) is 30.3 Å². The SMILES string of the molecule is O=C(NO)C1CNCCN1S(=O)(=O)CCCCCOCc1ccccc1. The van der Waals surface area contributed by atoms with E-state index in [4.69, 9.17) is 9.94 Å². The molecule has 0 aromatic heterocycles. The predicted octanol–water partition coefficient (Wildman–Crippen LogP) is 0.483. The molecule has 9 heteroatoms.